The third kappa shape index (κ3) is 4.56. The highest BCUT2D eigenvalue weighted by atomic mass is 32.2. The van der Waals surface area contributed by atoms with Crippen LogP contribution in [0.15, 0.2) is 23.4 Å². The lowest BCUT2D eigenvalue weighted by molar-refractivity contribution is 0.573. The average molecular weight is 283 g/mol. The quantitative estimate of drug-likeness (QED) is 0.705. The first-order chi connectivity index (χ1) is 9.12. The van der Waals surface area contributed by atoms with Gasteiger partial charge in [-0.15, -0.1) is 0 Å². The van der Waals surface area contributed by atoms with Gasteiger partial charge in [0.15, 0.2) is 5.03 Å². The topological polar surface area (TPSA) is 71.1 Å². The summed E-state index contributed by atoms with van der Waals surface area (Å²) >= 11 is 0. The molecule has 0 amide bonds. The molecule has 1 saturated carbocycles. The molecule has 0 aliphatic heterocycles. The van der Waals surface area contributed by atoms with Crippen molar-refractivity contribution in [2.75, 3.05) is 13.1 Å². The number of aromatic nitrogens is 1. The summed E-state index contributed by atoms with van der Waals surface area (Å²) in [5.74, 6) is 0.521. The molecule has 0 bridgehead atoms. The molecule has 0 unspecified atom stereocenters. The van der Waals surface area contributed by atoms with E-state index in [2.05, 4.69) is 21.9 Å². The van der Waals surface area contributed by atoms with Gasteiger partial charge in [0.1, 0.15) is 0 Å². The Morgan fingerprint density at radius 2 is 2.16 bits per heavy atom. The summed E-state index contributed by atoms with van der Waals surface area (Å²) in [7, 11) is -3.44. The van der Waals surface area contributed by atoms with E-state index < -0.39 is 10.0 Å². The van der Waals surface area contributed by atoms with E-state index in [4.69, 9.17) is 0 Å². The van der Waals surface area contributed by atoms with Crippen molar-refractivity contribution in [3.8, 4) is 0 Å². The molecule has 1 heterocycles. The Kier molecular flexibility index (Phi) is 4.90. The lowest BCUT2D eigenvalue weighted by atomic mass is 10.3. The number of sulfonamides is 1. The average Bonchev–Trinajstić information content (AvgIpc) is 3.22. The molecule has 19 heavy (non-hydrogen) atoms. The second-order valence-electron chi connectivity index (χ2n) is 4.98. The van der Waals surface area contributed by atoms with E-state index >= 15 is 0 Å². The van der Waals surface area contributed by atoms with Crippen LogP contribution in [0.4, 0.5) is 0 Å². The Morgan fingerprint density at radius 1 is 1.37 bits per heavy atom. The van der Waals surface area contributed by atoms with Gasteiger partial charge in [0.25, 0.3) is 10.0 Å². The molecule has 1 aromatic rings. The molecule has 6 heteroatoms. The van der Waals surface area contributed by atoms with Crippen LogP contribution in [0.1, 0.15) is 31.7 Å². The second kappa shape index (κ2) is 6.45. The normalized spacial score (nSPS) is 15.6. The molecule has 1 aliphatic carbocycles. The van der Waals surface area contributed by atoms with Crippen molar-refractivity contribution in [1.82, 2.24) is 15.0 Å². The van der Waals surface area contributed by atoms with Crippen LogP contribution in [-0.2, 0) is 16.6 Å². The molecule has 0 atom stereocenters. The second-order valence-corrected chi connectivity index (χ2v) is 6.69. The molecule has 2 rings (SSSR count). The van der Waals surface area contributed by atoms with Crippen LogP contribution in [0, 0.1) is 5.92 Å². The zero-order valence-corrected chi connectivity index (χ0v) is 12.0. The fourth-order valence-corrected chi connectivity index (χ4v) is 2.75. The fraction of sp³-hybridized carbons (Fsp3) is 0.615. The summed E-state index contributed by atoms with van der Waals surface area (Å²) in [6.07, 6.45) is 4.94. The Morgan fingerprint density at radius 3 is 2.74 bits per heavy atom. The number of nitrogens with zero attached hydrogens (tertiary/aromatic N) is 1. The molecular weight excluding hydrogens is 262 g/mol. The minimum Gasteiger partial charge on any atom is -0.313 e. The maximum atomic E-state index is 11.9. The lowest BCUT2D eigenvalue weighted by Crippen LogP contribution is -2.26. The number of rotatable bonds is 8. The van der Waals surface area contributed by atoms with Crippen molar-refractivity contribution in [1.29, 1.82) is 0 Å². The van der Waals surface area contributed by atoms with E-state index in [1.54, 1.807) is 18.3 Å². The van der Waals surface area contributed by atoms with Crippen LogP contribution in [0.3, 0.4) is 0 Å². The van der Waals surface area contributed by atoms with Gasteiger partial charge in [-0.3, -0.25) is 0 Å². The lowest BCUT2D eigenvalue weighted by Gasteiger charge is -2.07. The highest BCUT2D eigenvalue weighted by molar-refractivity contribution is 7.89. The summed E-state index contributed by atoms with van der Waals surface area (Å²) in [5.41, 5.74) is 0.995. The van der Waals surface area contributed by atoms with E-state index in [1.807, 2.05) is 0 Å². The third-order valence-corrected chi connectivity index (χ3v) is 4.43. The highest BCUT2D eigenvalue weighted by Crippen LogP contribution is 2.28. The van der Waals surface area contributed by atoms with Crippen LogP contribution < -0.4 is 10.0 Å². The molecule has 106 valence electrons. The van der Waals surface area contributed by atoms with E-state index in [0.29, 0.717) is 12.5 Å². The van der Waals surface area contributed by atoms with Crippen molar-refractivity contribution < 1.29 is 8.42 Å². The molecule has 2 N–H and O–H groups in total. The first-order valence-corrected chi connectivity index (χ1v) is 8.25. The Bertz CT molecular complexity index is 495. The van der Waals surface area contributed by atoms with Crippen LogP contribution in [0.5, 0.6) is 0 Å². The summed E-state index contributed by atoms with van der Waals surface area (Å²) < 4.78 is 26.5. The van der Waals surface area contributed by atoms with Gasteiger partial charge in [0, 0.05) is 19.3 Å². The van der Waals surface area contributed by atoms with Crippen molar-refractivity contribution in [3.63, 3.8) is 0 Å². The monoisotopic (exact) mass is 283 g/mol. The number of hydrogen-bond donors (Lipinski definition) is 2. The maximum absolute atomic E-state index is 11.9. The number of nitrogens with one attached hydrogen (secondary N) is 2. The first-order valence-electron chi connectivity index (χ1n) is 6.77. The molecule has 0 radical (unpaired) electrons. The van der Waals surface area contributed by atoms with Gasteiger partial charge in [-0.05, 0) is 43.4 Å². The SMILES string of the molecule is CCCNCc1ccc(S(=O)(=O)NCC2CC2)nc1. The van der Waals surface area contributed by atoms with Gasteiger partial charge in [-0.1, -0.05) is 13.0 Å². The van der Waals surface area contributed by atoms with Crippen molar-refractivity contribution >= 4 is 10.0 Å². The summed E-state index contributed by atoms with van der Waals surface area (Å²) in [6.45, 7) is 4.30. The molecule has 1 aromatic heterocycles. The third-order valence-electron chi connectivity index (χ3n) is 3.09. The van der Waals surface area contributed by atoms with Gasteiger partial charge < -0.3 is 5.32 Å². The molecular formula is C13H21N3O2S. The maximum Gasteiger partial charge on any atom is 0.258 e. The standard InChI is InChI=1S/C13H21N3O2S/c1-2-7-14-8-12-5-6-13(15-9-12)19(17,18)16-10-11-3-4-11/h5-6,9,11,14,16H,2-4,7-8,10H2,1H3. The highest BCUT2D eigenvalue weighted by Gasteiger charge is 2.24. The predicted octanol–water partition coefficient (Wildman–Crippen LogP) is 1.27. The van der Waals surface area contributed by atoms with Crippen molar-refractivity contribution in [2.45, 2.75) is 37.8 Å². The molecule has 0 saturated heterocycles. The van der Waals surface area contributed by atoms with Crippen LogP contribution >= 0.6 is 0 Å². The fourth-order valence-electron chi connectivity index (χ4n) is 1.71. The summed E-state index contributed by atoms with van der Waals surface area (Å²) in [6, 6.07) is 3.37. The largest absolute Gasteiger partial charge is 0.313 e. The summed E-state index contributed by atoms with van der Waals surface area (Å²) in [4.78, 5) is 4.04. The number of pyridine rings is 1. The smallest absolute Gasteiger partial charge is 0.258 e. The minimum absolute atomic E-state index is 0.104. The van der Waals surface area contributed by atoms with Crippen molar-refractivity contribution in [2.24, 2.45) is 5.92 Å². The van der Waals surface area contributed by atoms with Crippen LogP contribution in [-0.4, -0.2) is 26.5 Å². The van der Waals surface area contributed by atoms with E-state index in [0.717, 1.165) is 37.9 Å². The minimum atomic E-state index is -3.44. The Hall–Kier alpha value is -0.980. The Balaban J connectivity index is 1.92. The van der Waals surface area contributed by atoms with Gasteiger partial charge in [-0.2, -0.15) is 0 Å². The molecule has 1 fully saturated rings. The predicted molar refractivity (Wildman–Crippen MR) is 74.1 cm³/mol. The number of hydrogen-bond acceptors (Lipinski definition) is 4. The molecule has 1 aliphatic rings. The molecule has 0 aromatic carbocycles. The Labute approximate surface area is 114 Å². The van der Waals surface area contributed by atoms with E-state index in [-0.39, 0.29) is 5.03 Å². The van der Waals surface area contributed by atoms with Gasteiger partial charge in [-0.25, -0.2) is 18.1 Å². The van der Waals surface area contributed by atoms with Gasteiger partial charge >= 0.3 is 0 Å². The summed E-state index contributed by atoms with van der Waals surface area (Å²) in [5, 5.41) is 3.36. The van der Waals surface area contributed by atoms with E-state index in [9.17, 15) is 8.42 Å². The zero-order chi connectivity index (χ0) is 13.7. The molecule has 5 nitrogen and oxygen atoms in total. The molecule has 0 spiro atoms. The van der Waals surface area contributed by atoms with Crippen molar-refractivity contribution in [3.05, 3.63) is 23.9 Å². The van der Waals surface area contributed by atoms with Gasteiger partial charge in [0.2, 0.25) is 0 Å². The van der Waals surface area contributed by atoms with Gasteiger partial charge in [0.05, 0.1) is 0 Å². The zero-order valence-electron chi connectivity index (χ0n) is 11.2. The van der Waals surface area contributed by atoms with Crippen LogP contribution in [0.25, 0.3) is 0 Å². The first kappa shape index (κ1) is 14.4. The van der Waals surface area contributed by atoms with E-state index in [1.165, 1.54) is 0 Å². The van der Waals surface area contributed by atoms with Crippen LogP contribution in [0.2, 0.25) is 0 Å².